The molecule has 0 saturated carbocycles. The lowest BCUT2D eigenvalue weighted by Gasteiger charge is -1.99. The maximum absolute atomic E-state index is 6.31. The second kappa shape index (κ2) is 3.93. The van der Waals surface area contributed by atoms with Crippen LogP contribution in [0.4, 0.5) is 0 Å². The highest BCUT2D eigenvalue weighted by atomic mass is 35.5. The summed E-state index contributed by atoms with van der Waals surface area (Å²) in [6.07, 6.45) is 0.829. The zero-order valence-corrected chi connectivity index (χ0v) is 10.2. The number of hydrogen-bond acceptors (Lipinski definition) is 1. The number of benzene rings is 1. The molecule has 1 N–H and O–H groups in total. The van der Waals surface area contributed by atoms with Crippen LogP contribution < -0.4 is 0 Å². The highest BCUT2D eigenvalue weighted by Gasteiger charge is 2.11. The van der Waals surface area contributed by atoms with Crippen molar-refractivity contribution in [2.75, 3.05) is 0 Å². The first-order valence-electron chi connectivity index (χ1n) is 5.50. The van der Waals surface area contributed by atoms with Crippen LogP contribution in [0.5, 0.6) is 0 Å². The first kappa shape index (κ1) is 10.4. The zero-order valence-electron chi connectivity index (χ0n) is 9.44. The molecule has 3 nitrogen and oxygen atoms in total. The van der Waals surface area contributed by atoms with Crippen LogP contribution in [0.15, 0.2) is 36.4 Å². The number of aromatic amines is 1. The smallest absolute Gasteiger partial charge is 0.155 e. The first-order chi connectivity index (χ1) is 8.24. The Morgan fingerprint density at radius 1 is 1.29 bits per heavy atom. The van der Waals surface area contributed by atoms with Crippen LogP contribution >= 0.6 is 11.6 Å². The van der Waals surface area contributed by atoms with Crippen LogP contribution in [-0.2, 0) is 6.42 Å². The Kier molecular flexibility index (Phi) is 2.41. The van der Waals surface area contributed by atoms with E-state index in [0.717, 1.165) is 23.5 Å². The van der Waals surface area contributed by atoms with Gasteiger partial charge in [0.05, 0.1) is 0 Å². The normalized spacial score (nSPS) is 11.2. The van der Waals surface area contributed by atoms with Gasteiger partial charge in [0.2, 0.25) is 0 Å². The molecule has 17 heavy (non-hydrogen) atoms. The number of nitrogens with zero attached hydrogens (tertiary/aromatic N) is 2. The van der Waals surface area contributed by atoms with Gasteiger partial charge in [0.15, 0.2) is 5.65 Å². The molecule has 3 aromatic rings. The Labute approximate surface area is 104 Å². The van der Waals surface area contributed by atoms with Crippen molar-refractivity contribution in [3.63, 3.8) is 0 Å². The summed E-state index contributed by atoms with van der Waals surface area (Å²) in [5, 5.41) is 3.82. The van der Waals surface area contributed by atoms with Gasteiger partial charge in [-0.3, -0.25) is 5.10 Å². The van der Waals surface area contributed by atoms with Crippen molar-refractivity contribution in [3.8, 4) is 0 Å². The second-order valence-electron chi connectivity index (χ2n) is 4.13. The van der Waals surface area contributed by atoms with Crippen LogP contribution in [0, 0.1) is 6.92 Å². The van der Waals surface area contributed by atoms with Crippen molar-refractivity contribution >= 4 is 17.2 Å². The molecular formula is C13H12ClN3. The van der Waals surface area contributed by atoms with Gasteiger partial charge >= 0.3 is 0 Å². The van der Waals surface area contributed by atoms with Gasteiger partial charge in [0, 0.05) is 6.42 Å². The highest BCUT2D eigenvalue weighted by molar-refractivity contribution is 6.30. The zero-order chi connectivity index (χ0) is 11.8. The van der Waals surface area contributed by atoms with E-state index in [4.69, 9.17) is 11.6 Å². The molecule has 0 radical (unpaired) electrons. The minimum absolute atomic E-state index is 0.712. The number of fused-ring (bicyclic) bond motifs is 1. The van der Waals surface area contributed by atoms with E-state index in [1.807, 2.05) is 35.7 Å². The first-order valence-corrected chi connectivity index (χ1v) is 5.88. The molecule has 0 atom stereocenters. The average Bonchev–Trinajstić information content (AvgIpc) is 2.81. The monoisotopic (exact) mass is 245 g/mol. The number of halogens is 1. The van der Waals surface area contributed by atoms with E-state index in [2.05, 4.69) is 22.2 Å². The largest absolute Gasteiger partial charge is 0.278 e. The van der Waals surface area contributed by atoms with E-state index >= 15 is 0 Å². The molecule has 0 amide bonds. The molecule has 3 rings (SSSR count). The third-order valence-corrected chi connectivity index (χ3v) is 3.20. The summed E-state index contributed by atoms with van der Waals surface area (Å²) in [5.74, 6) is 0.869. The maximum atomic E-state index is 6.31. The summed E-state index contributed by atoms with van der Waals surface area (Å²) in [6, 6.07) is 12.3. The summed E-state index contributed by atoms with van der Waals surface area (Å²) in [7, 11) is 0. The van der Waals surface area contributed by atoms with Crippen molar-refractivity contribution in [2.24, 2.45) is 0 Å². The summed E-state index contributed by atoms with van der Waals surface area (Å²) in [5.41, 5.74) is 3.22. The van der Waals surface area contributed by atoms with Gasteiger partial charge < -0.3 is 0 Å². The molecule has 0 fully saturated rings. The van der Waals surface area contributed by atoms with E-state index in [1.54, 1.807) is 0 Å². The average molecular weight is 246 g/mol. The van der Waals surface area contributed by atoms with Crippen molar-refractivity contribution in [1.82, 2.24) is 14.6 Å². The molecule has 0 aliphatic carbocycles. The third kappa shape index (κ3) is 1.83. The van der Waals surface area contributed by atoms with E-state index in [-0.39, 0.29) is 0 Å². The second-order valence-corrected chi connectivity index (χ2v) is 4.48. The lowest BCUT2D eigenvalue weighted by molar-refractivity contribution is 0.934. The Hall–Kier alpha value is -1.74. The molecule has 2 aromatic heterocycles. The van der Waals surface area contributed by atoms with Gasteiger partial charge in [0.1, 0.15) is 11.0 Å². The molecule has 1 aromatic carbocycles. The Morgan fingerprint density at radius 2 is 2.06 bits per heavy atom. The number of hydrogen-bond donors (Lipinski definition) is 1. The predicted octanol–water partition coefficient (Wildman–Crippen LogP) is 3.22. The number of nitrogens with one attached hydrogen (secondary N) is 1. The van der Waals surface area contributed by atoms with Gasteiger partial charge in [-0.25, -0.2) is 9.50 Å². The van der Waals surface area contributed by atoms with E-state index in [1.165, 1.54) is 5.56 Å². The quantitative estimate of drug-likeness (QED) is 0.739. The SMILES string of the molecule is Cc1nc2cc(Cc3ccccc3)c(Cl)n2[nH]1. The molecule has 0 aliphatic rings. The van der Waals surface area contributed by atoms with Crippen molar-refractivity contribution in [3.05, 3.63) is 58.5 Å². The summed E-state index contributed by atoms with van der Waals surface area (Å²) < 4.78 is 1.81. The predicted molar refractivity (Wildman–Crippen MR) is 68.5 cm³/mol. The minimum atomic E-state index is 0.712. The fourth-order valence-corrected chi connectivity index (χ4v) is 2.26. The van der Waals surface area contributed by atoms with Crippen LogP contribution in [0.3, 0.4) is 0 Å². The fraction of sp³-hybridized carbons (Fsp3) is 0.154. The number of H-pyrrole nitrogens is 1. The molecule has 0 unspecified atom stereocenters. The molecule has 4 heteroatoms. The van der Waals surface area contributed by atoms with Crippen LogP contribution in [0.1, 0.15) is 17.0 Å². The molecule has 0 spiro atoms. The molecule has 0 aliphatic heterocycles. The van der Waals surface area contributed by atoms with E-state index < -0.39 is 0 Å². The van der Waals surface area contributed by atoms with Gasteiger partial charge in [0.25, 0.3) is 0 Å². The van der Waals surface area contributed by atoms with Gasteiger partial charge in [-0.1, -0.05) is 41.9 Å². The Balaban J connectivity index is 2.01. The van der Waals surface area contributed by atoms with Crippen molar-refractivity contribution in [1.29, 1.82) is 0 Å². The molecule has 0 bridgehead atoms. The van der Waals surface area contributed by atoms with E-state index in [0.29, 0.717) is 5.15 Å². The summed E-state index contributed by atoms with van der Waals surface area (Å²) in [6.45, 7) is 1.92. The summed E-state index contributed by atoms with van der Waals surface area (Å²) in [4.78, 5) is 4.36. The van der Waals surface area contributed by atoms with Crippen molar-refractivity contribution in [2.45, 2.75) is 13.3 Å². The molecule has 86 valence electrons. The number of aryl methyl sites for hydroxylation is 1. The van der Waals surface area contributed by atoms with Crippen LogP contribution in [-0.4, -0.2) is 14.6 Å². The topological polar surface area (TPSA) is 33.1 Å². The number of aromatic nitrogens is 3. The summed E-state index contributed by atoms with van der Waals surface area (Å²) >= 11 is 6.31. The van der Waals surface area contributed by atoms with Gasteiger partial charge in [-0.2, -0.15) is 0 Å². The minimum Gasteiger partial charge on any atom is -0.278 e. The Morgan fingerprint density at radius 3 is 2.76 bits per heavy atom. The highest BCUT2D eigenvalue weighted by Crippen LogP contribution is 2.23. The van der Waals surface area contributed by atoms with Crippen molar-refractivity contribution < 1.29 is 0 Å². The Bertz CT molecular complexity index is 652. The van der Waals surface area contributed by atoms with Crippen LogP contribution in [0.2, 0.25) is 5.15 Å². The van der Waals surface area contributed by atoms with E-state index in [9.17, 15) is 0 Å². The third-order valence-electron chi connectivity index (χ3n) is 2.79. The lowest BCUT2D eigenvalue weighted by atomic mass is 10.1. The fourth-order valence-electron chi connectivity index (χ4n) is 2.01. The molecular weight excluding hydrogens is 234 g/mol. The maximum Gasteiger partial charge on any atom is 0.155 e. The number of rotatable bonds is 2. The molecule has 0 saturated heterocycles. The van der Waals surface area contributed by atoms with Gasteiger partial charge in [-0.15, -0.1) is 0 Å². The van der Waals surface area contributed by atoms with Crippen LogP contribution in [0.25, 0.3) is 5.65 Å². The molecule has 2 heterocycles. The lowest BCUT2D eigenvalue weighted by Crippen LogP contribution is -1.89. The standard InChI is InChI=1S/C13H12ClN3/c1-9-15-12-8-11(13(14)17(12)16-9)7-10-5-3-2-4-6-10/h2-6,8H,7H2,1H3,(H,15,16). The van der Waals surface area contributed by atoms with Gasteiger partial charge in [-0.05, 0) is 24.1 Å².